The maximum absolute atomic E-state index is 13.5. The van der Waals surface area contributed by atoms with Crippen LogP contribution in [0.2, 0.25) is 0 Å². The Kier molecular flexibility index (Phi) is 4.09. The normalized spacial score (nSPS) is 16.5. The minimum Gasteiger partial charge on any atom is -0.490 e. The van der Waals surface area contributed by atoms with Gasteiger partial charge in [0.15, 0.2) is 11.6 Å². The largest absolute Gasteiger partial charge is 0.490 e. The van der Waals surface area contributed by atoms with Crippen LogP contribution in [0.3, 0.4) is 0 Å². The van der Waals surface area contributed by atoms with Crippen LogP contribution in [0.15, 0.2) is 18.2 Å². The molecule has 5 nitrogen and oxygen atoms in total. The fraction of sp³-hybridized carbons (Fsp3) is 0.500. The number of nitrogens with zero attached hydrogens (tertiary/aromatic N) is 1. The van der Waals surface area contributed by atoms with Crippen molar-refractivity contribution >= 4 is 5.69 Å². The van der Waals surface area contributed by atoms with Crippen LogP contribution in [0.4, 0.5) is 10.1 Å². The first kappa shape index (κ1) is 12.8. The maximum atomic E-state index is 13.5. The van der Waals surface area contributed by atoms with Crippen LogP contribution in [-0.2, 0) is 4.74 Å². The second kappa shape index (κ2) is 5.77. The number of hydrogen-bond acceptors (Lipinski definition) is 4. The summed E-state index contributed by atoms with van der Waals surface area (Å²) >= 11 is 0. The summed E-state index contributed by atoms with van der Waals surface area (Å²) in [5, 5.41) is 10.5. The highest BCUT2D eigenvalue weighted by molar-refractivity contribution is 5.37. The van der Waals surface area contributed by atoms with Crippen LogP contribution in [0, 0.1) is 21.8 Å². The summed E-state index contributed by atoms with van der Waals surface area (Å²) in [6, 6.07) is 3.41. The number of ether oxygens (including phenoxy) is 2. The molecular weight excluding hydrogens is 241 g/mol. The summed E-state index contributed by atoms with van der Waals surface area (Å²) in [6.45, 7) is 1.83. The van der Waals surface area contributed by atoms with Crippen molar-refractivity contribution in [1.29, 1.82) is 0 Å². The zero-order valence-corrected chi connectivity index (χ0v) is 9.80. The van der Waals surface area contributed by atoms with Crippen LogP contribution in [0.25, 0.3) is 0 Å². The van der Waals surface area contributed by atoms with Crippen LogP contribution >= 0.6 is 0 Å². The minimum absolute atomic E-state index is 0.0621. The van der Waals surface area contributed by atoms with Gasteiger partial charge in [-0.25, -0.2) is 4.39 Å². The lowest BCUT2D eigenvalue weighted by atomic mass is 10.0. The molecule has 0 atom stereocenters. The Morgan fingerprint density at radius 3 is 2.78 bits per heavy atom. The molecule has 0 amide bonds. The summed E-state index contributed by atoms with van der Waals surface area (Å²) in [5.74, 6) is -0.281. The molecule has 2 rings (SSSR count). The number of rotatable bonds is 4. The van der Waals surface area contributed by atoms with Crippen molar-refractivity contribution in [2.24, 2.45) is 5.92 Å². The van der Waals surface area contributed by atoms with Gasteiger partial charge >= 0.3 is 0 Å². The number of nitro benzene ring substituents is 1. The molecule has 98 valence electrons. The zero-order chi connectivity index (χ0) is 13.0. The van der Waals surface area contributed by atoms with E-state index in [1.54, 1.807) is 0 Å². The van der Waals surface area contributed by atoms with Gasteiger partial charge in [-0.2, -0.15) is 0 Å². The average Bonchev–Trinajstić information content (AvgIpc) is 2.38. The van der Waals surface area contributed by atoms with Crippen molar-refractivity contribution in [1.82, 2.24) is 0 Å². The molecule has 1 aromatic rings. The Labute approximate surface area is 104 Å². The number of halogens is 1. The lowest BCUT2D eigenvalue weighted by Crippen LogP contribution is -2.21. The van der Waals surface area contributed by atoms with Crippen LogP contribution < -0.4 is 4.74 Å². The quantitative estimate of drug-likeness (QED) is 0.612. The van der Waals surface area contributed by atoms with Gasteiger partial charge in [-0.15, -0.1) is 0 Å². The summed E-state index contributed by atoms with van der Waals surface area (Å²) < 4.78 is 24.1. The van der Waals surface area contributed by atoms with E-state index >= 15 is 0 Å². The molecule has 0 radical (unpaired) electrons. The first-order valence-electron chi connectivity index (χ1n) is 5.81. The van der Waals surface area contributed by atoms with E-state index in [1.165, 1.54) is 12.1 Å². The Balaban J connectivity index is 1.94. The van der Waals surface area contributed by atoms with Gasteiger partial charge in [-0.1, -0.05) is 0 Å². The van der Waals surface area contributed by atoms with Crippen molar-refractivity contribution in [3.8, 4) is 5.75 Å². The zero-order valence-electron chi connectivity index (χ0n) is 9.80. The summed E-state index contributed by atoms with van der Waals surface area (Å²) in [5.41, 5.74) is -0.272. The highest BCUT2D eigenvalue weighted by atomic mass is 19.1. The molecule has 0 unspecified atom stereocenters. The fourth-order valence-electron chi connectivity index (χ4n) is 1.84. The van der Waals surface area contributed by atoms with E-state index in [0.717, 1.165) is 18.9 Å². The molecule has 1 aliphatic heterocycles. The number of nitro groups is 1. The molecular formula is C12H14FNO4. The second-order valence-corrected chi connectivity index (χ2v) is 4.24. The van der Waals surface area contributed by atoms with Crippen LogP contribution in [0.5, 0.6) is 5.75 Å². The lowest BCUT2D eigenvalue weighted by Gasteiger charge is -2.22. The van der Waals surface area contributed by atoms with E-state index in [2.05, 4.69) is 0 Å². The monoisotopic (exact) mass is 255 g/mol. The number of non-ortho nitro benzene ring substituents is 1. The Morgan fingerprint density at radius 1 is 1.44 bits per heavy atom. The standard InChI is InChI=1S/C12H14FNO4/c13-11-7-10(14(15)16)1-2-12(11)18-8-9-3-5-17-6-4-9/h1-2,7,9H,3-6,8H2. The maximum Gasteiger partial charge on any atom is 0.272 e. The van der Waals surface area contributed by atoms with Crippen molar-refractivity contribution in [2.45, 2.75) is 12.8 Å². The van der Waals surface area contributed by atoms with E-state index in [4.69, 9.17) is 9.47 Å². The third-order valence-electron chi connectivity index (χ3n) is 2.94. The van der Waals surface area contributed by atoms with E-state index in [-0.39, 0.29) is 11.4 Å². The van der Waals surface area contributed by atoms with Gasteiger partial charge in [0.2, 0.25) is 0 Å². The fourth-order valence-corrected chi connectivity index (χ4v) is 1.84. The SMILES string of the molecule is O=[N+]([O-])c1ccc(OCC2CCOCC2)c(F)c1. The van der Waals surface area contributed by atoms with Gasteiger partial charge in [0.25, 0.3) is 5.69 Å². The molecule has 6 heteroatoms. The smallest absolute Gasteiger partial charge is 0.272 e. The topological polar surface area (TPSA) is 61.6 Å². The molecule has 18 heavy (non-hydrogen) atoms. The van der Waals surface area contributed by atoms with Gasteiger partial charge in [0, 0.05) is 19.3 Å². The lowest BCUT2D eigenvalue weighted by molar-refractivity contribution is -0.385. The van der Waals surface area contributed by atoms with Gasteiger partial charge in [-0.3, -0.25) is 10.1 Å². The van der Waals surface area contributed by atoms with Crippen LogP contribution in [0.1, 0.15) is 12.8 Å². The molecule has 0 aromatic heterocycles. The molecule has 1 heterocycles. The predicted octanol–water partition coefficient (Wildman–Crippen LogP) is 2.54. The molecule has 0 aliphatic carbocycles. The van der Waals surface area contributed by atoms with E-state index in [9.17, 15) is 14.5 Å². The second-order valence-electron chi connectivity index (χ2n) is 4.24. The molecule has 0 saturated carbocycles. The minimum atomic E-state index is -0.698. The molecule has 0 spiro atoms. The Bertz CT molecular complexity index is 432. The van der Waals surface area contributed by atoms with Gasteiger partial charge in [-0.05, 0) is 24.8 Å². The van der Waals surface area contributed by atoms with Crippen molar-refractivity contribution in [2.75, 3.05) is 19.8 Å². The highest BCUT2D eigenvalue weighted by Crippen LogP contribution is 2.24. The first-order valence-corrected chi connectivity index (χ1v) is 5.81. The van der Waals surface area contributed by atoms with Gasteiger partial charge in [0.1, 0.15) is 0 Å². The van der Waals surface area contributed by atoms with E-state index in [0.29, 0.717) is 25.7 Å². The Morgan fingerprint density at radius 2 is 2.17 bits per heavy atom. The summed E-state index contributed by atoms with van der Waals surface area (Å²) in [6.07, 6.45) is 1.79. The molecule has 1 aliphatic rings. The van der Waals surface area contributed by atoms with Crippen molar-refractivity contribution < 1.29 is 18.8 Å². The third kappa shape index (κ3) is 3.16. The van der Waals surface area contributed by atoms with Crippen molar-refractivity contribution in [3.05, 3.63) is 34.1 Å². The van der Waals surface area contributed by atoms with E-state index in [1.807, 2.05) is 0 Å². The summed E-state index contributed by atoms with van der Waals surface area (Å²) in [4.78, 5) is 9.82. The number of benzene rings is 1. The van der Waals surface area contributed by atoms with Crippen LogP contribution in [-0.4, -0.2) is 24.7 Å². The molecule has 1 aromatic carbocycles. The Hall–Kier alpha value is -1.69. The molecule has 1 fully saturated rings. The van der Waals surface area contributed by atoms with E-state index < -0.39 is 10.7 Å². The highest BCUT2D eigenvalue weighted by Gasteiger charge is 2.16. The number of hydrogen-bond donors (Lipinski definition) is 0. The molecule has 0 N–H and O–H groups in total. The molecule has 1 saturated heterocycles. The summed E-state index contributed by atoms with van der Waals surface area (Å²) in [7, 11) is 0. The average molecular weight is 255 g/mol. The van der Waals surface area contributed by atoms with Gasteiger partial charge in [0.05, 0.1) is 17.6 Å². The molecule has 0 bridgehead atoms. The third-order valence-corrected chi connectivity index (χ3v) is 2.94. The first-order chi connectivity index (χ1) is 8.66. The predicted molar refractivity (Wildman–Crippen MR) is 62.1 cm³/mol. The van der Waals surface area contributed by atoms with Gasteiger partial charge < -0.3 is 9.47 Å². The van der Waals surface area contributed by atoms with Crippen molar-refractivity contribution in [3.63, 3.8) is 0 Å².